The number of hydrogen-bond donors (Lipinski definition) is 0. The summed E-state index contributed by atoms with van der Waals surface area (Å²) in [6, 6.07) is 8.63. The Balaban J connectivity index is 1.23. The molecular formula is C20H24N4O2. The van der Waals surface area contributed by atoms with Crippen LogP contribution in [0.4, 0.5) is 0 Å². The number of nitrogens with zero attached hydrogens (tertiary/aromatic N) is 4. The molecule has 1 saturated carbocycles. The van der Waals surface area contributed by atoms with Gasteiger partial charge in [0, 0.05) is 31.2 Å². The lowest BCUT2D eigenvalue weighted by Gasteiger charge is -2.31. The SMILES string of the molecule is c1cc(OC2CCN(Cc3ncno3)CC2)c2ccn(CC3CC3)c2c1. The molecule has 3 heterocycles. The third kappa shape index (κ3) is 3.33. The topological polar surface area (TPSA) is 56.3 Å². The average Bonchev–Trinajstić information content (AvgIpc) is 3.15. The summed E-state index contributed by atoms with van der Waals surface area (Å²) >= 11 is 0. The number of aromatic nitrogens is 3. The fourth-order valence-electron chi connectivity index (χ4n) is 3.86. The monoisotopic (exact) mass is 352 g/mol. The molecular weight excluding hydrogens is 328 g/mol. The van der Waals surface area contributed by atoms with Crippen LogP contribution >= 0.6 is 0 Å². The van der Waals surface area contributed by atoms with Crippen LogP contribution in [0.1, 0.15) is 31.6 Å². The standard InChI is InChI=1S/C20H24N4O2/c1-2-18-17(8-11-24(18)12-15-4-5-15)19(3-1)25-16-6-9-23(10-7-16)13-20-21-14-22-26-20/h1-3,8,11,14-16H,4-7,9-10,12-13H2. The van der Waals surface area contributed by atoms with Gasteiger partial charge in [-0.1, -0.05) is 11.2 Å². The van der Waals surface area contributed by atoms with E-state index in [2.05, 4.69) is 50.1 Å². The minimum atomic E-state index is 0.270. The lowest BCUT2D eigenvalue weighted by molar-refractivity contribution is 0.0915. The molecule has 6 heteroatoms. The number of piperidine rings is 1. The number of ether oxygens (including phenoxy) is 1. The van der Waals surface area contributed by atoms with E-state index in [-0.39, 0.29) is 6.10 Å². The number of likely N-dealkylation sites (tertiary alicyclic amines) is 1. The van der Waals surface area contributed by atoms with Gasteiger partial charge >= 0.3 is 0 Å². The van der Waals surface area contributed by atoms with Gasteiger partial charge in [0.2, 0.25) is 5.89 Å². The number of benzene rings is 1. The Kier molecular flexibility index (Phi) is 4.13. The highest BCUT2D eigenvalue weighted by molar-refractivity contribution is 5.86. The molecule has 2 fully saturated rings. The molecule has 0 atom stereocenters. The summed E-state index contributed by atoms with van der Waals surface area (Å²) < 4.78 is 13.9. The van der Waals surface area contributed by atoms with Crippen molar-refractivity contribution < 1.29 is 9.26 Å². The van der Waals surface area contributed by atoms with E-state index < -0.39 is 0 Å². The van der Waals surface area contributed by atoms with Gasteiger partial charge in [0.25, 0.3) is 0 Å². The third-order valence-electron chi connectivity index (χ3n) is 5.52. The van der Waals surface area contributed by atoms with Crippen molar-refractivity contribution in [3.05, 3.63) is 42.7 Å². The fraction of sp³-hybridized carbons (Fsp3) is 0.500. The van der Waals surface area contributed by atoms with Crippen LogP contribution in [0, 0.1) is 5.92 Å². The van der Waals surface area contributed by atoms with Gasteiger partial charge in [-0.25, -0.2) is 0 Å². The molecule has 26 heavy (non-hydrogen) atoms. The normalized spacial score (nSPS) is 19.2. The molecule has 1 aliphatic heterocycles. The average molecular weight is 352 g/mol. The Hall–Kier alpha value is -2.34. The zero-order valence-corrected chi connectivity index (χ0v) is 14.9. The predicted molar refractivity (Wildman–Crippen MR) is 97.9 cm³/mol. The molecule has 0 N–H and O–H groups in total. The Labute approximate surface area is 152 Å². The van der Waals surface area contributed by atoms with Crippen LogP contribution in [0.5, 0.6) is 5.75 Å². The summed E-state index contributed by atoms with van der Waals surface area (Å²) in [4.78, 5) is 6.45. The largest absolute Gasteiger partial charge is 0.490 e. The summed E-state index contributed by atoms with van der Waals surface area (Å²) in [6.45, 7) is 3.85. The van der Waals surface area contributed by atoms with E-state index in [0.29, 0.717) is 5.89 Å². The first kappa shape index (κ1) is 15.9. The van der Waals surface area contributed by atoms with Crippen molar-refractivity contribution in [1.82, 2.24) is 19.6 Å². The van der Waals surface area contributed by atoms with Gasteiger partial charge in [0.05, 0.1) is 12.1 Å². The maximum Gasteiger partial charge on any atom is 0.240 e. The van der Waals surface area contributed by atoms with E-state index in [1.807, 2.05) is 0 Å². The quantitative estimate of drug-likeness (QED) is 0.680. The van der Waals surface area contributed by atoms with E-state index in [1.54, 1.807) is 0 Å². The van der Waals surface area contributed by atoms with Gasteiger partial charge in [-0.15, -0.1) is 0 Å². The molecule has 0 bridgehead atoms. The van der Waals surface area contributed by atoms with Crippen molar-refractivity contribution in [1.29, 1.82) is 0 Å². The summed E-state index contributed by atoms with van der Waals surface area (Å²) in [5, 5.41) is 4.91. The van der Waals surface area contributed by atoms with E-state index in [0.717, 1.165) is 50.7 Å². The van der Waals surface area contributed by atoms with E-state index in [9.17, 15) is 0 Å². The smallest absolute Gasteiger partial charge is 0.240 e. The van der Waals surface area contributed by atoms with Crippen LogP contribution in [0.3, 0.4) is 0 Å². The Morgan fingerprint density at radius 2 is 2.00 bits per heavy atom. The molecule has 0 unspecified atom stereocenters. The molecule has 136 valence electrons. The second-order valence-electron chi connectivity index (χ2n) is 7.53. The maximum absolute atomic E-state index is 6.39. The molecule has 1 saturated heterocycles. The fourth-order valence-corrected chi connectivity index (χ4v) is 3.86. The van der Waals surface area contributed by atoms with Crippen LogP contribution in [0.25, 0.3) is 10.9 Å². The lowest BCUT2D eigenvalue weighted by atomic mass is 10.1. The second-order valence-corrected chi connectivity index (χ2v) is 7.53. The van der Waals surface area contributed by atoms with E-state index in [4.69, 9.17) is 9.26 Å². The molecule has 1 aromatic carbocycles. The van der Waals surface area contributed by atoms with E-state index in [1.165, 1.54) is 30.1 Å². The third-order valence-corrected chi connectivity index (χ3v) is 5.52. The van der Waals surface area contributed by atoms with E-state index >= 15 is 0 Å². The highest BCUT2D eigenvalue weighted by Crippen LogP contribution is 2.34. The Bertz CT molecular complexity index is 861. The first-order chi connectivity index (χ1) is 12.8. The first-order valence-corrected chi connectivity index (χ1v) is 9.57. The Morgan fingerprint density at radius 3 is 2.77 bits per heavy atom. The minimum absolute atomic E-state index is 0.270. The molecule has 3 aromatic rings. The van der Waals surface area contributed by atoms with Crippen LogP contribution in [0.2, 0.25) is 0 Å². The first-order valence-electron chi connectivity index (χ1n) is 9.57. The summed E-state index contributed by atoms with van der Waals surface area (Å²) in [6.07, 6.45) is 8.73. The van der Waals surface area contributed by atoms with Crippen LogP contribution in [-0.4, -0.2) is 38.8 Å². The van der Waals surface area contributed by atoms with Crippen LogP contribution < -0.4 is 4.74 Å². The summed E-state index contributed by atoms with van der Waals surface area (Å²) in [5.74, 6) is 2.58. The van der Waals surface area contributed by atoms with Gasteiger partial charge < -0.3 is 13.8 Å². The van der Waals surface area contributed by atoms with Gasteiger partial charge in [-0.2, -0.15) is 4.98 Å². The Morgan fingerprint density at radius 1 is 1.12 bits per heavy atom. The van der Waals surface area contributed by atoms with Crippen molar-refractivity contribution in [2.75, 3.05) is 13.1 Å². The van der Waals surface area contributed by atoms with Gasteiger partial charge in [-0.05, 0) is 49.8 Å². The van der Waals surface area contributed by atoms with Gasteiger partial charge in [0.1, 0.15) is 11.9 Å². The van der Waals surface area contributed by atoms with Crippen molar-refractivity contribution >= 4 is 10.9 Å². The lowest BCUT2D eigenvalue weighted by Crippen LogP contribution is -2.37. The number of rotatable bonds is 6. The minimum Gasteiger partial charge on any atom is -0.490 e. The summed E-state index contributed by atoms with van der Waals surface area (Å²) in [7, 11) is 0. The molecule has 0 amide bonds. The molecule has 0 spiro atoms. The zero-order chi connectivity index (χ0) is 17.3. The van der Waals surface area contributed by atoms with Gasteiger partial charge in [0.15, 0.2) is 6.33 Å². The van der Waals surface area contributed by atoms with Gasteiger partial charge in [-0.3, -0.25) is 4.90 Å². The number of hydrogen-bond acceptors (Lipinski definition) is 5. The number of fused-ring (bicyclic) bond motifs is 1. The van der Waals surface area contributed by atoms with Crippen molar-refractivity contribution in [3.63, 3.8) is 0 Å². The predicted octanol–water partition coefficient (Wildman–Crippen LogP) is 3.48. The van der Waals surface area contributed by atoms with Crippen molar-refractivity contribution in [2.24, 2.45) is 5.92 Å². The van der Waals surface area contributed by atoms with Crippen LogP contribution in [0.15, 0.2) is 41.3 Å². The molecule has 2 aromatic heterocycles. The maximum atomic E-state index is 6.39. The molecule has 1 aliphatic carbocycles. The molecule has 0 radical (unpaired) electrons. The highest BCUT2D eigenvalue weighted by atomic mass is 16.5. The molecule has 2 aliphatic rings. The van der Waals surface area contributed by atoms with Crippen molar-refractivity contribution in [3.8, 4) is 5.75 Å². The second kappa shape index (κ2) is 6.76. The summed E-state index contributed by atoms with van der Waals surface area (Å²) in [5.41, 5.74) is 1.29. The highest BCUT2D eigenvalue weighted by Gasteiger charge is 2.24. The van der Waals surface area contributed by atoms with Crippen molar-refractivity contribution in [2.45, 2.75) is 44.9 Å². The molecule has 5 rings (SSSR count). The van der Waals surface area contributed by atoms with Crippen LogP contribution in [-0.2, 0) is 13.1 Å². The zero-order valence-electron chi connectivity index (χ0n) is 14.9. The molecule has 6 nitrogen and oxygen atoms in total.